The standard InChI is InChI=1S/C22H21F3N2O2S/c1-12-17-10-11-18(22(23,24)25)26-20(17)30-19(12)21(28)27(13(2)14-4-5-14)15-6-8-16(29-3)9-7-15/h6-11,13-14H,4-5H2,1-3H3. The lowest BCUT2D eigenvalue weighted by molar-refractivity contribution is -0.140. The number of hydrogen-bond acceptors (Lipinski definition) is 4. The largest absolute Gasteiger partial charge is 0.497 e. The number of fused-ring (bicyclic) bond motifs is 1. The topological polar surface area (TPSA) is 42.4 Å². The van der Waals surface area contributed by atoms with Crippen LogP contribution in [0.4, 0.5) is 18.9 Å². The molecule has 30 heavy (non-hydrogen) atoms. The Balaban J connectivity index is 1.76. The number of methoxy groups -OCH3 is 1. The van der Waals surface area contributed by atoms with Gasteiger partial charge in [-0.25, -0.2) is 4.98 Å². The van der Waals surface area contributed by atoms with Crippen LogP contribution in [0.3, 0.4) is 0 Å². The summed E-state index contributed by atoms with van der Waals surface area (Å²) in [6.07, 6.45) is -2.40. The van der Waals surface area contributed by atoms with E-state index in [4.69, 9.17) is 4.74 Å². The second-order valence-electron chi connectivity index (χ2n) is 7.55. The van der Waals surface area contributed by atoms with Crippen LogP contribution in [0.25, 0.3) is 10.2 Å². The number of benzene rings is 1. The monoisotopic (exact) mass is 434 g/mol. The maximum atomic E-state index is 13.6. The van der Waals surface area contributed by atoms with E-state index in [1.165, 1.54) is 6.07 Å². The summed E-state index contributed by atoms with van der Waals surface area (Å²) in [5, 5.41) is 0.574. The fraction of sp³-hybridized carbons (Fsp3) is 0.364. The van der Waals surface area contributed by atoms with Gasteiger partial charge in [0, 0.05) is 17.1 Å². The first kappa shape index (κ1) is 20.7. The zero-order chi connectivity index (χ0) is 21.6. The maximum Gasteiger partial charge on any atom is 0.433 e. The molecule has 1 fully saturated rings. The lowest BCUT2D eigenvalue weighted by Crippen LogP contribution is -2.40. The van der Waals surface area contributed by atoms with E-state index in [1.807, 2.05) is 19.1 Å². The highest BCUT2D eigenvalue weighted by molar-refractivity contribution is 7.20. The summed E-state index contributed by atoms with van der Waals surface area (Å²) in [5.41, 5.74) is 0.442. The van der Waals surface area contributed by atoms with Crippen LogP contribution < -0.4 is 9.64 Å². The molecule has 0 N–H and O–H groups in total. The number of ether oxygens (including phenoxy) is 1. The number of aryl methyl sites for hydroxylation is 1. The number of amides is 1. The molecule has 1 saturated carbocycles. The molecule has 0 spiro atoms. The molecule has 8 heteroatoms. The van der Waals surface area contributed by atoms with E-state index in [-0.39, 0.29) is 16.8 Å². The van der Waals surface area contributed by atoms with E-state index in [2.05, 4.69) is 4.98 Å². The molecule has 0 saturated heterocycles. The van der Waals surface area contributed by atoms with Crippen molar-refractivity contribution in [3.63, 3.8) is 0 Å². The predicted octanol–water partition coefficient (Wildman–Crippen LogP) is 6.08. The molecule has 1 aliphatic carbocycles. The summed E-state index contributed by atoms with van der Waals surface area (Å²) in [6, 6.07) is 9.60. The van der Waals surface area contributed by atoms with Crippen molar-refractivity contribution in [3.05, 3.63) is 52.5 Å². The smallest absolute Gasteiger partial charge is 0.433 e. The van der Waals surface area contributed by atoms with Crippen LogP contribution in [-0.4, -0.2) is 24.0 Å². The van der Waals surface area contributed by atoms with Gasteiger partial charge in [0.1, 0.15) is 16.3 Å². The van der Waals surface area contributed by atoms with Crippen LogP contribution in [0.2, 0.25) is 0 Å². The van der Waals surface area contributed by atoms with Crippen LogP contribution in [-0.2, 0) is 6.18 Å². The second-order valence-corrected chi connectivity index (χ2v) is 8.55. The Hall–Kier alpha value is -2.61. The van der Waals surface area contributed by atoms with E-state index >= 15 is 0 Å². The molecule has 4 nitrogen and oxygen atoms in total. The number of hydrogen-bond donors (Lipinski definition) is 0. The van der Waals surface area contributed by atoms with Gasteiger partial charge in [0.2, 0.25) is 0 Å². The second kappa shape index (κ2) is 7.58. The van der Waals surface area contributed by atoms with Crippen molar-refractivity contribution in [2.24, 2.45) is 5.92 Å². The van der Waals surface area contributed by atoms with Crippen molar-refractivity contribution < 1.29 is 22.7 Å². The number of carbonyl (C=O) groups is 1. The van der Waals surface area contributed by atoms with Crippen LogP contribution in [0.5, 0.6) is 5.75 Å². The molecular weight excluding hydrogens is 413 g/mol. The minimum Gasteiger partial charge on any atom is -0.497 e. The highest BCUT2D eigenvalue weighted by Crippen LogP contribution is 2.40. The number of thiophene rings is 1. The van der Waals surface area contributed by atoms with Gasteiger partial charge in [0.25, 0.3) is 5.91 Å². The summed E-state index contributed by atoms with van der Waals surface area (Å²) >= 11 is 1.02. The van der Waals surface area contributed by atoms with Gasteiger partial charge >= 0.3 is 6.18 Å². The Morgan fingerprint density at radius 3 is 2.43 bits per heavy atom. The number of alkyl halides is 3. The van der Waals surface area contributed by atoms with Crippen molar-refractivity contribution in [1.29, 1.82) is 0 Å². The zero-order valence-electron chi connectivity index (χ0n) is 16.8. The molecule has 2 aromatic heterocycles. The number of anilines is 1. The summed E-state index contributed by atoms with van der Waals surface area (Å²) in [6.45, 7) is 3.78. The zero-order valence-corrected chi connectivity index (χ0v) is 17.6. The quantitative estimate of drug-likeness (QED) is 0.489. The van der Waals surface area contributed by atoms with Gasteiger partial charge in [-0.2, -0.15) is 13.2 Å². The van der Waals surface area contributed by atoms with Gasteiger partial charge in [-0.05, 0) is 74.6 Å². The number of carbonyl (C=O) groups excluding carboxylic acids is 1. The van der Waals surface area contributed by atoms with E-state index in [1.54, 1.807) is 31.1 Å². The predicted molar refractivity (Wildman–Crippen MR) is 111 cm³/mol. The molecule has 0 radical (unpaired) electrons. The molecule has 0 bridgehead atoms. The average molecular weight is 434 g/mol. The van der Waals surface area contributed by atoms with Gasteiger partial charge in [-0.1, -0.05) is 0 Å². The van der Waals surface area contributed by atoms with Gasteiger partial charge in [0.15, 0.2) is 0 Å². The Bertz CT molecular complexity index is 1090. The van der Waals surface area contributed by atoms with Gasteiger partial charge in [0.05, 0.1) is 12.0 Å². The first-order valence-corrected chi connectivity index (χ1v) is 10.5. The van der Waals surface area contributed by atoms with Crippen molar-refractivity contribution in [3.8, 4) is 5.75 Å². The third kappa shape index (κ3) is 3.76. The van der Waals surface area contributed by atoms with Gasteiger partial charge in [-0.3, -0.25) is 4.79 Å². The Morgan fingerprint density at radius 1 is 1.20 bits per heavy atom. The highest BCUT2D eigenvalue weighted by atomic mass is 32.1. The number of nitrogens with zero attached hydrogens (tertiary/aromatic N) is 2. The van der Waals surface area contributed by atoms with Crippen LogP contribution in [0.1, 0.15) is 40.7 Å². The molecular formula is C22H21F3N2O2S. The summed E-state index contributed by atoms with van der Waals surface area (Å²) in [4.78, 5) is 19.8. The minimum absolute atomic E-state index is 0.0193. The Kier molecular flexibility index (Phi) is 5.22. The lowest BCUT2D eigenvalue weighted by atomic mass is 10.1. The molecule has 1 aliphatic rings. The van der Waals surface area contributed by atoms with Crippen molar-refractivity contribution in [1.82, 2.24) is 4.98 Å². The molecule has 1 aromatic carbocycles. The third-order valence-electron chi connectivity index (χ3n) is 5.57. The molecule has 1 atom stereocenters. The number of halogens is 3. The third-order valence-corrected chi connectivity index (χ3v) is 6.76. The molecule has 0 aliphatic heterocycles. The van der Waals surface area contributed by atoms with Crippen molar-refractivity contribution >= 4 is 33.1 Å². The maximum absolute atomic E-state index is 13.6. The average Bonchev–Trinajstić information content (AvgIpc) is 3.52. The van der Waals surface area contributed by atoms with Crippen molar-refractivity contribution in [2.75, 3.05) is 12.0 Å². The van der Waals surface area contributed by atoms with Crippen LogP contribution >= 0.6 is 11.3 Å². The van der Waals surface area contributed by atoms with Gasteiger partial charge in [-0.15, -0.1) is 11.3 Å². The molecule has 1 unspecified atom stereocenters. The highest BCUT2D eigenvalue weighted by Gasteiger charge is 2.37. The first-order chi connectivity index (χ1) is 14.2. The van der Waals surface area contributed by atoms with E-state index in [9.17, 15) is 18.0 Å². The van der Waals surface area contributed by atoms with E-state index in [0.717, 1.165) is 35.9 Å². The summed E-state index contributed by atoms with van der Waals surface area (Å²) < 4.78 is 44.4. The van der Waals surface area contributed by atoms with Crippen LogP contribution in [0, 0.1) is 12.8 Å². The fourth-order valence-corrected chi connectivity index (χ4v) is 4.76. The molecule has 1 amide bonds. The van der Waals surface area contributed by atoms with Gasteiger partial charge < -0.3 is 9.64 Å². The molecule has 2 heterocycles. The number of aromatic nitrogens is 1. The lowest BCUT2D eigenvalue weighted by Gasteiger charge is -2.29. The number of rotatable bonds is 5. The van der Waals surface area contributed by atoms with E-state index < -0.39 is 11.9 Å². The molecule has 4 rings (SSSR count). The normalized spacial score (nSPS) is 15.3. The number of pyridine rings is 1. The minimum atomic E-state index is -4.52. The van der Waals surface area contributed by atoms with E-state index in [0.29, 0.717) is 27.5 Å². The SMILES string of the molecule is COc1ccc(N(C(=O)c2sc3nc(C(F)(F)F)ccc3c2C)C(C)C2CC2)cc1. The van der Waals surface area contributed by atoms with Crippen LogP contribution in [0.15, 0.2) is 36.4 Å². The summed E-state index contributed by atoms with van der Waals surface area (Å²) in [7, 11) is 1.58. The molecule has 158 valence electrons. The Morgan fingerprint density at radius 2 is 1.87 bits per heavy atom. The molecule has 3 aromatic rings. The summed E-state index contributed by atoms with van der Waals surface area (Å²) in [5.74, 6) is 0.890. The Labute approximate surface area is 176 Å². The first-order valence-electron chi connectivity index (χ1n) is 9.65. The fourth-order valence-electron chi connectivity index (χ4n) is 3.64. The van der Waals surface area contributed by atoms with Crippen molar-refractivity contribution in [2.45, 2.75) is 38.9 Å².